The van der Waals surface area contributed by atoms with Gasteiger partial charge in [-0.3, -0.25) is 4.79 Å². The molecule has 0 aliphatic heterocycles. The van der Waals surface area contributed by atoms with E-state index in [1.165, 1.54) is 0 Å². The predicted molar refractivity (Wildman–Crippen MR) is 76.7 cm³/mol. The lowest BCUT2D eigenvalue weighted by Crippen LogP contribution is -2.23. The molecule has 0 saturated carbocycles. The van der Waals surface area contributed by atoms with Crippen LogP contribution in [0.2, 0.25) is 0 Å². The van der Waals surface area contributed by atoms with Gasteiger partial charge in [0.25, 0.3) is 5.56 Å². The summed E-state index contributed by atoms with van der Waals surface area (Å²) >= 11 is 5.20. The van der Waals surface area contributed by atoms with Crippen LogP contribution < -0.4 is 5.56 Å². The fourth-order valence-corrected chi connectivity index (χ4v) is 2.58. The van der Waals surface area contributed by atoms with Gasteiger partial charge in [0.15, 0.2) is 0 Å². The summed E-state index contributed by atoms with van der Waals surface area (Å²) in [5.41, 5.74) is -0.00768. The van der Waals surface area contributed by atoms with Gasteiger partial charge in [0, 0.05) is 15.6 Å². The summed E-state index contributed by atoms with van der Waals surface area (Å²) in [7, 11) is 0. The van der Waals surface area contributed by atoms with Crippen molar-refractivity contribution in [2.45, 2.75) is 13.5 Å². The Labute approximate surface area is 112 Å². The van der Waals surface area contributed by atoms with Crippen molar-refractivity contribution in [3.63, 3.8) is 0 Å². The number of aromatic nitrogens is 2. The summed E-state index contributed by atoms with van der Waals surface area (Å²) in [6.45, 7) is 2.78. The van der Waals surface area contributed by atoms with Crippen molar-refractivity contribution < 1.29 is 0 Å². The summed E-state index contributed by atoms with van der Waals surface area (Å²) < 4.78 is 2.50. The quantitative estimate of drug-likeness (QED) is 0.814. The Morgan fingerprint density at radius 1 is 1.47 bits per heavy atom. The first-order valence-electron chi connectivity index (χ1n) is 5.45. The Hall–Kier alpha value is -0.810. The van der Waals surface area contributed by atoms with Crippen LogP contribution in [0.25, 0.3) is 10.8 Å². The van der Waals surface area contributed by atoms with Crippen LogP contribution in [0.3, 0.4) is 0 Å². The fourth-order valence-electron chi connectivity index (χ4n) is 1.61. The van der Waals surface area contributed by atoms with Gasteiger partial charge in [-0.15, -0.1) is 0 Å². The third-order valence-electron chi connectivity index (χ3n) is 2.47. The maximum absolute atomic E-state index is 12.1. The van der Waals surface area contributed by atoms with Crippen LogP contribution in [-0.2, 0) is 6.54 Å². The summed E-state index contributed by atoms with van der Waals surface area (Å²) in [6.07, 6.45) is 1.75. The van der Waals surface area contributed by atoms with Gasteiger partial charge in [-0.25, -0.2) is 4.68 Å². The summed E-state index contributed by atoms with van der Waals surface area (Å²) in [4.78, 5) is 12.1. The van der Waals surface area contributed by atoms with E-state index in [2.05, 4.69) is 28.0 Å². The van der Waals surface area contributed by atoms with E-state index in [9.17, 15) is 4.79 Å². The van der Waals surface area contributed by atoms with Crippen molar-refractivity contribution >= 4 is 38.5 Å². The Morgan fingerprint density at radius 2 is 2.29 bits per heavy atom. The van der Waals surface area contributed by atoms with Gasteiger partial charge in [0.2, 0.25) is 0 Å². The minimum Gasteiger partial charge on any atom is -0.267 e. The van der Waals surface area contributed by atoms with Crippen LogP contribution in [0, 0.1) is 0 Å². The zero-order valence-corrected chi connectivity index (χ0v) is 11.9. The highest BCUT2D eigenvalue weighted by Crippen LogP contribution is 2.15. The molecule has 90 valence electrons. The Morgan fingerprint density at radius 3 is 3.06 bits per heavy atom. The number of benzene rings is 1. The van der Waals surface area contributed by atoms with Crippen LogP contribution in [0.5, 0.6) is 0 Å². The Balaban J connectivity index is 2.37. The molecule has 0 saturated heterocycles. The summed E-state index contributed by atoms with van der Waals surface area (Å²) in [5, 5.41) is 5.79. The number of rotatable bonds is 4. The van der Waals surface area contributed by atoms with Gasteiger partial charge in [-0.05, 0) is 24.0 Å². The molecule has 0 unspecified atom stereocenters. The molecule has 0 radical (unpaired) electrons. The van der Waals surface area contributed by atoms with Crippen molar-refractivity contribution in [2.75, 3.05) is 11.5 Å². The molecule has 0 amide bonds. The lowest BCUT2D eigenvalue weighted by Gasteiger charge is -2.05. The van der Waals surface area contributed by atoms with Gasteiger partial charge in [-0.1, -0.05) is 22.9 Å². The standard InChI is InChI=1S/C12H13BrN2OS/c1-2-17-6-5-15-12(16)11-4-3-10(13)7-9(11)8-14-15/h3-4,7-8H,2,5-6H2,1H3. The Bertz CT molecular complexity index is 582. The van der Waals surface area contributed by atoms with E-state index >= 15 is 0 Å². The monoisotopic (exact) mass is 312 g/mol. The molecule has 0 aliphatic rings. The summed E-state index contributed by atoms with van der Waals surface area (Å²) in [6, 6.07) is 5.64. The molecule has 3 nitrogen and oxygen atoms in total. The van der Waals surface area contributed by atoms with E-state index < -0.39 is 0 Å². The SMILES string of the molecule is CCSCCn1ncc2cc(Br)ccc2c1=O. The first kappa shape index (κ1) is 12.6. The lowest BCUT2D eigenvalue weighted by molar-refractivity contribution is 0.629. The Kier molecular flexibility index (Phi) is 4.23. The third-order valence-corrected chi connectivity index (χ3v) is 3.84. The van der Waals surface area contributed by atoms with E-state index in [1.807, 2.05) is 30.0 Å². The molecule has 17 heavy (non-hydrogen) atoms. The summed E-state index contributed by atoms with van der Waals surface area (Å²) in [5.74, 6) is 1.99. The third kappa shape index (κ3) is 2.90. The fraction of sp³-hybridized carbons (Fsp3) is 0.333. The number of halogens is 1. The zero-order valence-electron chi connectivity index (χ0n) is 9.52. The highest BCUT2D eigenvalue weighted by atomic mass is 79.9. The van der Waals surface area contributed by atoms with Crippen LogP contribution in [0.15, 0.2) is 33.7 Å². The first-order chi connectivity index (χ1) is 8.22. The molecule has 1 heterocycles. The molecule has 1 aromatic carbocycles. The first-order valence-corrected chi connectivity index (χ1v) is 7.40. The average Bonchev–Trinajstić information content (AvgIpc) is 2.32. The molecular weight excluding hydrogens is 300 g/mol. The molecule has 0 bridgehead atoms. The second-order valence-electron chi connectivity index (χ2n) is 3.60. The molecule has 1 aromatic heterocycles. The molecule has 0 atom stereocenters. The predicted octanol–water partition coefficient (Wildman–Crippen LogP) is 2.91. The molecule has 5 heteroatoms. The van der Waals surface area contributed by atoms with E-state index in [0.717, 1.165) is 26.8 Å². The van der Waals surface area contributed by atoms with Gasteiger partial charge in [0.1, 0.15) is 0 Å². The van der Waals surface area contributed by atoms with Crippen LogP contribution >= 0.6 is 27.7 Å². The largest absolute Gasteiger partial charge is 0.274 e. The number of fused-ring (bicyclic) bond motifs is 1. The van der Waals surface area contributed by atoms with Gasteiger partial charge in [0.05, 0.1) is 18.1 Å². The van der Waals surface area contributed by atoms with Crippen molar-refractivity contribution in [1.82, 2.24) is 9.78 Å². The van der Waals surface area contributed by atoms with E-state index in [0.29, 0.717) is 6.54 Å². The minimum atomic E-state index is -0.00768. The topological polar surface area (TPSA) is 34.9 Å². The van der Waals surface area contributed by atoms with Gasteiger partial charge >= 0.3 is 0 Å². The normalized spacial score (nSPS) is 10.9. The second-order valence-corrected chi connectivity index (χ2v) is 5.91. The highest BCUT2D eigenvalue weighted by molar-refractivity contribution is 9.10. The molecule has 2 rings (SSSR count). The maximum atomic E-state index is 12.1. The van der Waals surface area contributed by atoms with Crippen molar-refractivity contribution in [2.24, 2.45) is 0 Å². The zero-order chi connectivity index (χ0) is 12.3. The molecule has 2 aromatic rings. The second kappa shape index (κ2) is 5.69. The van der Waals surface area contributed by atoms with Gasteiger partial charge < -0.3 is 0 Å². The van der Waals surface area contributed by atoms with Crippen molar-refractivity contribution in [1.29, 1.82) is 0 Å². The molecule has 0 spiro atoms. The van der Waals surface area contributed by atoms with Gasteiger partial charge in [-0.2, -0.15) is 16.9 Å². The van der Waals surface area contributed by atoms with Crippen LogP contribution in [0.4, 0.5) is 0 Å². The lowest BCUT2D eigenvalue weighted by atomic mass is 10.2. The van der Waals surface area contributed by atoms with E-state index in [4.69, 9.17) is 0 Å². The minimum absolute atomic E-state index is 0.00768. The number of thioether (sulfide) groups is 1. The van der Waals surface area contributed by atoms with E-state index in [1.54, 1.807) is 10.9 Å². The van der Waals surface area contributed by atoms with Crippen molar-refractivity contribution in [3.8, 4) is 0 Å². The number of hydrogen-bond donors (Lipinski definition) is 0. The molecule has 0 aliphatic carbocycles. The highest BCUT2D eigenvalue weighted by Gasteiger charge is 2.03. The average molecular weight is 313 g/mol. The van der Waals surface area contributed by atoms with E-state index in [-0.39, 0.29) is 5.56 Å². The molecule has 0 N–H and O–H groups in total. The number of hydrogen-bond acceptors (Lipinski definition) is 3. The van der Waals surface area contributed by atoms with Crippen molar-refractivity contribution in [3.05, 3.63) is 39.2 Å². The molecule has 0 fully saturated rings. The molecular formula is C12H13BrN2OS. The maximum Gasteiger partial charge on any atom is 0.274 e. The van der Waals surface area contributed by atoms with Crippen LogP contribution in [-0.4, -0.2) is 21.3 Å². The number of nitrogens with zero attached hydrogens (tertiary/aromatic N) is 2. The van der Waals surface area contributed by atoms with Crippen LogP contribution in [0.1, 0.15) is 6.92 Å². The number of aryl methyl sites for hydroxylation is 1. The smallest absolute Gasteiger partial charge is 0.267 e.